The minimum atomic E-state index is -4.93. The number of anilines is 1. The molecule has 1 rings (SSSR count). The number of hydrogen-bond acceptors (Lipinski definition) is 2. The SMILES string of the molecule is CCOc1cc(CC(C)(C)Br)ccc1NC(=O)C(F)(F)F. The zero-order valence-electron chi connectivity index (χ0n) is 12.0. The normalized spacial score (nSPS) is 12.1. The van der Waals surface area contributed by atoms with Crippen LogP contribution in [0.3, 0.4) is 0 Å². The van der Waals surface area contributed by atoms with Gasteiger partial charge in [-0.3, -0.25) is 4.79 Å². The fourth-order valence-electron chi connectivity index (χ4n) is 1.73. The molecule has 0 radical (unpaired) electrons. The number of halogens is 4. The molecule has 21 heavy (non-hydrogen) atoms. The standard InChI is InChI=1S/C14H17BrF3NO2/c1-4-21-11-7-9(8-13(2,3)15)5-6-10(11)19-12(20)14(16,17)18/h5-7H,4,8H2,1-3H3,(H,19,20). The maximum Gasteiger partial charge on any atom is 0.471 e. The van der Waals surface area contributed by atoms with Crippen molar-refractivity contribution in [3.05, 3.63) is 23.8 Å². The quantitative estimate of drug-likeness (QED) is 0.787. The first-order chi connectivity index (χ1) is 9.53. The van der Waals surface area contributed by atoms with E-state index < -0.39 is 12.1 Å². The number of carbonyl (C=O) groups is 1. The van der Waals surface area contributed by atoms with Gasteiger partial charge in [0.2, 0.25) is 0 Å². The first-order valence-corrected chi connectivity index (χ1v) is 7.15. The Hall–Kier alpha value is -1.24. The van der Waals surface area contributed by atoms with Gasteiger partial charge in [-0.1, -0.05) is 22.0 Å². The van der Waals surface area contributed by atoms with Gasteiger partial charge in [-0.2, -0.15) is 13.2 Å². The predicted molar refractivity (Wildman–Crippen MR) is 79.0 cm³/mol. The molecular formula is C14H17BrF3NO2. The van der Waals surface area contributed by atoms with Gasteiger partial charge in [0.15, 0.2) is 0 Å². The number of hydrogen-bond donors (Lipinski definition) is 1. The molecule has 0 bridgehead atoms. The van der Waals surface area contributed by atoms with Crippen LogP contribution in [0, 0.1) is 0 Å². The van der Waals surface area contributed by atoms with Crippen molar-refractivity contribution >= 4 is 27.5 Å². The number of amides is 1. The topological polar surface area (TPSA) is 38.3 Å². The highest BCUT2D eigenvalue weighted by atomic mass is 79.9. The third-order valence-corrected chi connectivity index (χ3v) is 2.76. The Morgan fingerprint density at radius 1 is 1.33 bits per heavy atom. The van der Waals surface area contributed by atoms with Crippen LogP contribution in [0.1, 0.15) is 26.3 Å². The van der Waals surface area contributed by atoms with E-state index >= 15 is 0 Å². The summed E-state index contributed by atoms with van der Waals surface area (Å²) in [6.45, 7) is 5.96. The molecule has 0 atom stereocenters. The van der Waals surface area contributed by atoms with Crippen molar-refractivity contribution in [1.29, 1.82) is 0 Å². The van der Waals surface area contributed by atoms with Crippen LogP contribution in [0.25, 0.3) is 0 Å². The fourth-order valence-corrected chi connectivity index (χ4v) is 2.06. The summed E-state index contributed by atoms with van der Waals surface area (Å²) in [6, 6.07) is 4.72. The lowest BCUT2D eigenvalue weighted by Gasteiger charge is -2.18. The van der Waals surface area contributed by atoms with E-state index in [1.807, 2.05) is 19.2 Å². The molecule has 0 saturated heterocycles. The molecule has 0 aliphatic rings. The zero-order valence-corrected chi connectivity index (χ0v) is 13.6. The van der Waals surface area contributed by atoms with E-state index in [4.69, 9.17) is 4.74 Å². The average Bonchev–Trinajstić information content (AvgIpc) is 2.29. The largest absolute Gasteiger partial charge is 0.492 e. The summed E-state index contributed by atoms with van der Waals surface area (Å²) >= 11 is 3.50. The maximum absolute atomic E-state index is 12.3. The van der Waals surface area contributed by atoms with Crippen LogP contribution in [0.5, 0.6) is 5.75 Å². The molecule has 0 aliphatic heterocycles. The van der Waals surface area contributed by atoms with Crippen molar-refractivity contribution in [2.45, 2.75) is 37.7 Å². The van der Waals surface area contributed by atoms with E-state index in [0.29, 0.717) is 6.42 Å². The maximum atomic E-state index is 12.3. The van der Waals surface area contributed by atoms with E-state index in [1.54, 1.807) is 19.1 Å². The van der Waals surface area contributed by atoms with Gasteiger partial charge in [0.1, 0.15) is 5.75 Å². The van der Waals surface area contributed by atoms with Crippen molar-refractivity contribution in [2.75, 3.05) is 11.9 Å². The molecule has 0 aliphatic carbocycles. The molecule has 1 aromatic carbocycles. The molecule has 3 nitrogen and oxygen atoms in total. The molecule has 7 heteroatoms. The van der Waals surface area contributed by atoms with Crippen LogP contribution in [0.2, 0.25) is 0 Å². The highest BCUT2D eigenvalue weighted by Crippen LogP contribution is 2.31. The molecule has 1 amide bonds. The van der Waals surface area contributed by atoms with Gasteiger partial charge >= 0.3 is 12.1 Å². The third kappa shape index (κ3) is 5.95. The summed E-state index contributed by atoms with van der Waals surface area (Å²) in [5.74, 6) is -1.79. The van der Waals surface area contributed by atoms with E-state index in [-0.39, 0.29) is 22.4 Å². The number of nitrogens with one attached hydrogen (secondary N) is 1. The van der Waals surface area contributed by atoms with Gasteiger partial charge in [-0.05, 0) is 44.9 Å². The molecular weight excluding hydrogens is 351 g/mol. The first kappa shape index (κ1) is 17.8. The number of benzene rings is 1. The van der Waals surface area contributed by atoms with Gasteiger partial charge in [0, 0.05) is 4.32 Å². The molecule has 0 aromatic heterocycles. The van der Waals surface area contributed by atoms with Gasteiger partial charge in [-0.25, -0.2) is 0 Å². The molecule has 1 aromatic rings. The Kier molecular flexibility index (Phi) is 5.67. The van der Waals surface area contributed by atoms with Gasteiger partial charge < -0.3 is 10.1 Å². The van der Waals surface area contributed by atoms with Gasteiger partial charge in [0.05, 0.1) is 12.3 Å². The third-order valence-electron chi connectivity index (χ3n) is 2.48. The Balaban J connectivity index is 3.02. The molecule has 0 heterocycles. The Bertz CT molecular complexity index is 510. The van der Waals surface area contributed by atoms with Crippen molar-refractivity contribution in [2.24, 2.45) is 0 Å². The summed E-state index contributed by atoms with van der Waals surface area (Å²) in [7, 11) is 0. The van der Waals surface area contributed by atoms with Crippen molar-refractivity contribution in [1.82, 2.24) is 0 Å². The van der Waals surface area contributed by atoms with E-state index in [9.17, 15) is 18.0 Å². The second-order valence-electron chi connectivity index (χ2n) is 5.11. The number of alkyl halides is 4. The monoisotopic (exact) mass is 367 g/mol. The van der Waals surface area contributed by atoms with Crippen LogP contribution in [-0.4, -0.2) is 23.0 Å². The van der Waals surface area contributed by atoms with Crippen molar-refractivity contribution in [3.8, 4) is 5.75 Å². The molecule has 118 valence electrons. The Morgan fingerprint density at radius 2 is 1.95 bits per heavy atom. The van der Waals surface area contributed by atoms with Crippen LogP contribution in [0.15, 0.2) is 18.2 Å². The Morgan fingerprint density at radius 3 is 2.43 bits per heavy atom. The predicted octanol–water partition coefficient (Wildman–Crippen LogP) is 4.30. The number of ether oxygens (including phenoxy) is 1. The van der Waals surface area contributed by atoms with Gasteiger partial charge in [-0.15, -0.1) is 0 Å². The molecule has 1 N–H and O–H groups in total. The summed E-state index contributed by atoms with van der Waals surface area (Å²) in [6.07, 6.45) is -4.26. The molecule has 0 saturated carbocycles. The van der Waals surface area contributed by atoms with E-state index in [0.717, 1.165) is 5.56 Å². The van der Waals surface area contributed by atoms with Crippen molar-refractivity contribution in [3.63, 3.8) is 0 Å². The van der Waals surface area contributed by atoms with Gasteiger partial charge in [0.25, 0.3) is 0 Å². The average molecular weight is 368 g/mol. The fraction of sp³-hybridized carbons (Fsp3) is 0.500. The molecule has 0 spiro atoms. The highest BCUT2D eigenvalue weighted by molar-refractivity contribution is 9.10. The lowest BCUT2D eigenvalue weighted by molar-refractivity contribution is -0.167. The molecule has 0 fully saturated rings. The van der Waals surface area contributed by atoms with E-state index in [1.165, 1.54) is 6.07 Å². The zero-order chi connectivity index (χ0) is 16.3. The van der Waals surface area contributed by atoms with Crippen LogP contribution >= 0.6 is 15.9 Å². The van der Waals surface area contributed by atoms with Crippen molar-refractivity contribution < 1.29 is 22.7 Å². The highest BCUT2D eigenvalue weighted by Gasteiger charge is 2.39. The summed E-state index contributed by atoms with van der Waals surface area (Å²) in [4.78, 5) is 11.0. The van der Waals surface area contributed by atoms with Crippen LogP contribution in [0.4, 0.5) is 18.9 Å². The Labute approximate surface area is 130 Å². The smallest absolute Gasteiger partial charge is 0.471 e. The van der Waals surface area contributed by atoms with Crippen LogP contribution in [-0.2, 0) is 11.2 Å². The van der Waals surface area contributed by atoms with Crippen LogP contribution < -0.4 is 10.1 Å². The summed E-state index contributed by atoms with van der Waals surface area (Å²) < 4.78 is 42.0. The summed E-state index contributed by atoms with van der Waals surface area (Å²) in [5.41, 5.74) is 0.903. The number of carbonyl (C=O) groups excluding carboxylic acids is 1. The minimum Gasteiger partial charge on any atom is -0.492 e. The number of rotatable bonds is 5. The minimum absolute atomic E-state index is 0.00954. The summed E-state index contributed by atoms with van der Waals surface area (Å²) in [5, 5.41) is 1.82. The molecule has 0 unspecified atom stereocenters. The lowest BCUT2D eigenvalue weighted by Crippen LogP contribution is -2.30. The van der Waals surface area contributed by atoms with E-state index in [2.05, 4.69) is 15.9 Å². The second-order valence-corrected chi connectivity index (χ2v) is 7.26. The second kappa shape index (κ2) is 6.68. The lowest BCUT2D eigenvalue weighted by atomic mass is 10.0. The first-order valence-electron chi connectivity index (χ1n) is 6.36.